The van der Waals surface area contributed by atoms with E-state index in [9.17, 15) is 4.79 Å². The Morgan fingerprint density at radius 2 is 2.00 bits per heavy atom. The summed E-state index contributed by atoms with van der Waals surface area (Å²) in [6.45, 7) is 1.37. The number of carbonyl (C=O) groups is 1. The van der Waals surface area contributed by atoms with Crippen molar-refractivity contribution in [2.45, 2.75) is 0 Å². The van der Waals surface area contributed by atoms with Crippen LogP contribution in [0.1, 0.15) is 0 Å². The molecule has 5 heteroatoms. The number of nitrogens with zero attached hydrogens (tertiary/aromatic N) is 2. The zero-order valence-corrected chi connectivity index (χ0v) is 11.5. The molecule has 0 heterocycles. The van der Waals surface area contributed by atoms with Gasteiger partial charge in [0.15, 0.2) is 0 Å². The quantitative estimate of drug-likeness (QED) is 0.771. The summed E-state index contributed by atoms with van der Waals surface area (Å²) in [4.78, 5) is 14.9. The first-order valence-corrected chi connectivity index (χ1v) is 6.22. The molecule has 0 aromatic heterocycles. The second kappa shape index (κ2) is 6.72. The van der Waals surface area contributed by atoms with Gasteiger partial charge in [0.1, 0.15) is 5.88 Å². The number of alkyl halides is 1. The summed E-state index contributed by atoms with van der Waals surface area (Å²) in [6, 6.07) is 7.62. The van der Waals surface area contributed by atoms with Crippen molar-refractivity contribution in [3.8, 4) is 0 Å². The highest BCUT2D eigenvalue weighted by atomic mass is 35.5. The molecule has 1 amide bonds. The molecular formula is C12H16Cl2N2O. The molecule has 0 spiro atoms. The molecule has 94 valence electrons. The lowest BCUT2D eigenvalue weighted by atomic mass is 10.3. The van der Waals surface area contributed by atoms with E-state index in [0.717, 1.165) is 12.2 Å². The third kappa shape index (κ3) is 4.44. The molecule has 0 saturated carbocycles. The van der Waals surface area contributed by atoms with Crippen LogP contribution in [0.25, 0.3) is 0 Å². The van der Waals surface area contributed by atoms with Crippen molar-refractivity contribution in [1.82, 2.24) is 4.90 Å². The van der Waals surface area contributed by atoms with E-state index in [1.165, 1.54) is 0 Å². The Morgan fingerprint density at radius 3 is 2.59 bits per heavy atom. The summed E-state index contributed by atoms with van der Waals surface area (Å²) in [6.07, 6.45) is 0. The number of benzene rings is 1. The summed E-state index contributed by atoms with van der Waals surface area (Å²) in [7, 11) is 3.71. The van der Waals surface area contributed by atoms with Gasteiger partial charge in [-0.05, 0) is 18.2 Å². The lowest BCUT2D eigenvalue weighted by molar-refractivity contribution is -0.127. The van der Waals surface area contributed by atoms with Crippen LogP contribution in [0, 0.1) is 0 Å². The van der Waals surface area contributed by atoms with Gasteiger partial charge in [0.05, 0.1) is 0 Å². The van der Waals surface area contributed by atoms with Gasteiger partial charge in [0.25, 0.3) is 0 Å². The maximum atomic E-state index is 11.3. The molecule has 0 unspecified atom stereocenters. The van der Waals surface area contributed by atoms with Gasteiger partial charge >= 0.3 is 0 Å². The van der Waals surface area contributed by atoms with E-state index in [2.05, 4.69) is 0 Å². The third-order valence-electron chi connectivity index (χ3n) is 2.56. The van der Waals surface area contributed by atoms with E-state index in [0.29, 0.717) is 11.6 Å². The smallest absolute Gasteiger partial charge is 0.237 e. The summed E-state index contributed by atoms with van der Waals surface area (Å²) in [5, 5.41) is 0.708. The predicted octanol–water partition coefficient (Wildman–Crippen LogP) is 2.47. The molecule has 0 aliphatic carbocycles. The highest BCUT2D eigenvalue weighted by molar-refractivity contribution is 6.30. The van der Waals surface area contributed by atoms with Crippen molar-refractivity contribution in [3.63, 3.8) is 0 Å². The van der Waals surface area contributed by atoms with Gasteiger partial charge < -0.3 is 9.80 Å². The van der Waals surface area contributed by atoms with Crippen LogP contribution in [0.2, 0.25) is 5.02 Å². The van der Waals surface area contributed by atoms with Crippen molar-refractivity contribution < 1.29 is 4.79 Å². The highest BCUT2D eigenvalue weighted by Gasteiger charge is 2.08. The molecule has 0 aliphatic rings. The Bertz CT molecular complexity index is 385. The number of likely N-dealkylation sites (N-methyl/N-ethyl adjacent to an activating group) is 2. The Morgan fingerprint density at radius 1 is 1.29 bits per heavy atom. The first-order valence-electron chi connectivity index (χ1n) is 5.31. The zero-order chi connectivity index (χ0) is 12.8. The van der Waals surface area contributed by atoms with Crippen LogP contribution in [0.15, 0.2) is 24.3 Å². The van der Waals surface area contributed by atoms with Crippen molar-refractivity contribution in [2.24, 2.45) is 0 Å². The van der Waals surface area contributed by atoms with E-state index in [1.807, 2.05) is 36.2 Å². The Balaban J connectivity index is 2.50. The number of amides is 1. The standard InChI is InChI=1S/C12H16Cl2N2O/c1-15(6-7-16(2)12(17)9-13)11-5-3-4-10(14)8-11/h3-5,8H,6-7,9H2,1-2H3. The van der Waals surface area contributed by atoms with Gasteiger partial charge in [-0.25, -0.2) is 0 Å². The largest absolute Gasteiger partial charge is 0.373 e. The minimum absolute atomic E-state index is 0.0252. The first kappa shape index (κ1) is 14.1. The molecule has 3 nitrogen and oxygen atoms in total. The molecule has 0 atom stereocenters. The molecule has 0 fully saturated rings. The van der Waals surface area contributed by atoms with Crippen molar-refractivity contribution in [2.75, 3.05) is 38.0 Å². The van der Waals surface area contributed by atoms with Crippen molar-refractivity contribution in [3.05, 3.63) is 29.3 Å². The van der Waals surface area contributed by atoms with Gasteiger partial charge in [0.2, 0.25) is 5.91 Å². The average molecular weight is 275 g/mol. The maximum absolute atomic E-state index is 11.3. The minimum atomic E-state index is -0.0637. The Hall–Kier alpha value is -0.930. The molecule has 1 aromatic rings. The number of halogens is 2. The van der Waals surface area contributed by atoms with E-state index in [1.54, 1.807) is 11.9 Å². The molecule has 0 bridgehead atoms. The number of rotatable bonds is 5. The average Bonchev–Trinajstić information content (AvgIpc) is 2.34. The van der Waals surface area contributed by atoms with Crippen LogP contribution in [0.3, 0.4) is 0 Å². The lowest BCUT2D eigenvalue weighted by Crippen LogP contribution is -2.35. The molecule has 0 N–H and O–H groups in total. The van der Waals surface area contributed by atoms with Crippen LogP contribution in [-0.4, -0.2) is 43.9 Å². The molecule has 1 rings (SSSR count). The van der Waals surface area contributed by atoms with Crippen LogP contribution in [-0.2, 0) is 4.79 Å². The molecule has 0 radical (unpaired) electrons. The van der Waals surface area contributed by atoms with Gasteiger partial charge in [-0.1, -0.05) is 17.7 Å². The zero-order valence-electron chi connectivity index (χ0n) is 9.99. The monoisotopic (exact) mass is 274 g/mol. The van der Waals surface area contributed by atoms with Crippen LogP contribution in [0.4, 0.5) is 5.69 Å². The topological polar surface area (TPSA) is 23.6 Å². The van der Waals surface area contributed by atoms with E-state index >= 15 is 0 Å². The first-order chi connectivity index (χ1) is 8.04. The summed E-state index contributed by atoms with van der Waals surface area (Å²) in [5.41, 5.74) is 1.03. The normalized spacial score (nSPS) is 10.1. The second-order valence-corrected chi connectivity index (χ2v) is 4.55. The van der Waals surface area contributed by atoms with Crippen molar-refractivity contribution >= 4 is 34.8 Å². The number of carbonyl (C=O) groups excluding carboxylic acids is 1. The summed E-state index contributed by atoms with van der Waals surface area (Å²) >= 11 is 11.4. The van der Waals surface area contributed by atoms with Crippen LogP contribution < -0.4 is 4.90 Å². The second-order valence-electron chi connectivity index (χ2n) is 3.85. The summed E-state index contributed by atoms with van der Waals surface area (Å²) < 4.78 is 0. The highest BCUT2D eigenvalue weighted by Crippen LogP contribution is 2.17. The molecular weight excluding hydrogens is 259 g/mol. The SMILES string of the molecule is CN(CCN(C)c1cccc(Cl)c1)C(=O)CCl. The molecule has 17 heavy (non-hydrogen) atoms. The van der Waals surface area contributed by atoms with E-state index in [-0.39, 0.29) is 11.8 Å². The lowest BCUT2D eigenvalue weighted by Gasteiger charge is -2.23. The fourth-order valence-corrected chi connectivity index (χ4v) is 1.76. The molecule has 1 aromatic carbocycles. The van der Waals surface area contributed by atoms with E-state index < -0.39 is 0 Å². The van der Waals surface area contributed by atoms with Gasteiger partial charge in [0, 0.05) is 37.9 Å². The van der Waals surface area contributed by atoms with E-state index in [4.69, 9.17) is 23.2 Å². The van der Waals surface area contributed by atoms with Gasteiger partial charge in [-0.15, -0.1) is 11.6 Å². The molecule has 0 saturated heterocycles. The fraction of sp³-hybridized carbons (Fsp3) is 0.417. The molecule has 0 aliphatic heterocycles. The number of hydrogen-bond acceptors (Lipinski definition) is 2. The maximum Gasteiger partial charge on any atom is 0.237 e. The Kier molecular flexibility index (Phi) is 5.59. The predicted molar refractivity (Wildman–Crippen MR) is 73.1 cm³/mol. The number of anilines is 1. The Labute approximate surface area is 112 Å². The van der Waals surface area contributed by atoms with Crippen LogP contribution in [0.5, 0.6) is 0 Å². The summed E-state index contributed by atoms with van der Waals surface area (Å²) in [5.74, 6) is -0.0386. The minimum Gasteiger partial charge on any atom is -0.373 e. The van der Waals surface area contributed by atoms with Crippen molar-refractivity contribution in [1.29, 1.82) is 0 Å². The third-order valence-corrected chi connectivity index (χ3v) is 3.02. The number of hydrogen-bond donors (Lipinski definition) is 0. The van der Waals surface area contributed by atoms with Crippen LogP contribution >= 0.6 is 23.2 Å². The fourth-order valence-electron chi connectivity index (χ4n) is 1.37. The van der Waals surface area contributed by atoms with Gasteiger partial charge in [-0.3, -0.25) is 4.79 Å². The van der Waals surface area contributed by atoms with Gasteiger partial charge in [-0.2, -0.15) is 0 Å².